The number of benzene rings is 3. The standard InChI is InChI=1S/C26H25N3O2/c1-17(15-18-11-13-20(14-12-18)26(27)31)29-24(19-7-3-2-4-8-19)25(30)22-16-28-23-10-6-5-9-21(22)23/h2-14,16-17,24,28-29H,15H2,1H3,(H2,27,31)/t17-,24-/m1/s1. The molecule has 5 heteroatoms. The predicted octanol–water partition coefficient (Wildman–Crippen LogP) is 4.41. The molecule has 0 spiro atoms. The number of Topliss-reactive ketones (excluding diaryl/α,β-unsaturated/α-hetero) is 1. The molecule has 1 aromatic heterocycles. The number of carbonyl (C=O) groups is 2. The number of hydrogen-bond acceptors (Lipinski definition) is 3. The van der Waals surface area contributed by atoms with Crippen LogP contribution in [0.3, 0.4) is 0 Å². The van der Waals surface area contributed by atoms with Crippen molar-refractivity contribution in [2.75, 3.05) is 0 Å². The van der Waals surface area contributed by atoms with Gasteiger partial charge in [0.15, 0.2) is 5.78 Å². The van der Waals surface area contributed by atoms with Crippen molar-refractivity contribution in [1.82, 2.24) is 10.3 Å². The Balaban J connectivity index is 1.58. The predicted molar refractivity (Wildman–Crippen MR) is 123 cm³/mol. The molecule has 0 aliphatic rings. The molecule has 0 bridgehead atoms. The summed E-state index contributed by atoms with van der Waals surface area (Å²) in [5.41, 5.74) is 9.42. The van der Waals surface area contributed by atoms with E-state index < -0.39 is 11.9 Å². The van der Waals surface area contributed by atoms with Gasteiger partial charge in [-0.2, -0.15) is 0 Å². The fraction of sp³-hybridized carbons (Fsp3) is 0.154. The van der Waals surface area contributed by atoms with Crippen LogP contribution in [0.15, 0.2) is 85.1 Å². The van der Waals surface area contributed by atoms with E-state index in [1.807, 2.05) is 66.7 Å². The largest absolute Gasteiger partial charge is 0.366 e. The first kappa shape index (κ1) is 20.6. The Bertz CT molecular complexity index is 1200. The van der Waals surface area contributed by atoms with Crippen LogP contribution in [0.2, 0.25) is 0 Å². The molecular formula is C26H25N3O2. The maximum Gasteiger partial charge on any atom is 0.248 e. The number of para-hydroxylation sites is 1. The van der Waals surface area contributed by atoms with Crippen LogP contribution < -0.4 is 11.1 Å². The lowest BCUT2D eigenvalue weighted by Gasteiger charge is -2.23. The van der Waals surface area contributed by atoms with Gasteiger partial charge in [-0.25, -0.2) is 0 Å². The zero-order chi connectivity index (χ0) is 21.8. The third kappa shape index (κ3) is 4.57. The molecule has 0 radical (unpaired) electrons. The number of nitrogens with two attached hydrogens (primary N) is 1. The highest BCUT2D eigenvalue weighted by atomic mass is 16.1. The SMILES string of the molecule is C[C@H](Cc1ccc(C(N)=O)cc1)N[C@@H](C(=O)c1c[nH]c2ccccc12)c1ccccc1. The second-order valence-electron chi connectivity index (χ2n) is 7.79. The van der Waals surface area contributed by atoms with Crippen molar-refractivity contribution in [3.8, 4) is 0 Å². The van der Waals surface area contributed by atoms with Crippen LogP contribution in [0, 0.1) is 0 Å². The van der Waals surface area contributed by atoms with Crippen molar-refractivity contribution in [3.05, 3.63) is 107 Å². The maximum absolute atomic E-state index is 13.6. The van der Waals surface area contributed by atoms with E-state index in [0.29, 0.717) is 17.5 Å². The first-order chi connectivity index (χ1) is 15.0. The van der Waals surface area contributed by atoms with Gasteiger partial charge >= 0.3 is 0 Å². The van der Waals surface area contributed by atoms with Gasteiger partial charge in [-0.05, 0) is 42.7 Å². The second kappa shape index (κ2) is 8.98. The minimum Gasteiger partial charge on any atom is -0.366 e. The molecule has 1 amide bonds. The van der Waals surface area contributed by atoms with Gasteiger partial charge in [-0.15, -0.1) is 0 Å². The van der Waals surface area contributed by atoms with Gasteiger partial charge in [0.05, 0.1) is 6.04 Å². The number of aromatic nitrogens is 1. The van der Waals surface area contributed by atoms with E-state index in [4.69, 9.17) is 5.73 Å². The summed E-state index contributed by atoms with van der Waals surface area (Å²) in [7, 11) is 0. The van der Waals surface area contributed by atoms with Crippen LogP contribution in [0.1, 0.15) is 44.8 Å². The molecule has 4 N–H and O–H groups in total. The van der Waals surface area contributed by atoms with Gasteiger partial charge in [0.2, 0.25) is 5.91 Å². The average Bonchev–Trinajstić information content (AvgIpc) is 3.22. The topological polar surface area (TPSA) is 88.0 Å². The zero-order valence-electron chi connectivity index (χ0n) is 17.3. The number of H-pyrrole nitrogens is 1. The fourth-order valence-electron chi connectivity index (χ4n) is 3.90. The highest BCUT2D eigenvalue weighted by Gasteiger charge is 2.25. The molecule has 156 valence electrons. The Morgan fingerprint density at radius 1 is 0.935 bits per heavy atom. The number of aromatic amines is 1. The molecule has 0 aliphatic carbocycles. The summed E-state index contributed by atoms with van der Waals surface area (Å²) in [6.45, 7) is 2.06. The van der Waals surface area contributed by atoms with Gasteiger partial charge in [-0.3, -0.25) is 9.59 Å². The van der Waals surface area contributed by atoms with Gasteiger partial charge in [0.1, 0.15) is 0 Å². The van der Waals surface area contributed by atoms with Crippen molar-refractivity contribution in [2.45, 2.75) is 25.4 Å². The average molecular weight is 412 g/mol. The third-order valence-electron chi connectivity index (χ3n) is 5.48. The quantitative estimate of drug-likeness (QED) is 0.375. The minimum atomic E-state index is -0.472. The van der Waals surface area contributed by atoms with Crippen molar-refractivity contribution in [2.24, 2.45) is 5.73 Å². The van der Waals surface area contributed by atoms with E-state index in [1.165, 1.54) is 0 Å². The first-order valence-electron chi connectivity index (χ1n) is 10.3. The van der Waals surface area contributed by atoms with Crippen molar-refractivity contribution in [3.63, 3.8) is 0 Å². The van der Waals surface area contributed by atoms with Crippen molar-refractivity contribution >= 4 is 22.6 Å². The lowest BCUT2D eigenvalue weighted by Crippen LogP contribution is -2.36. The number of hydrogen-bond donors (Lipinski definition) is 3. The molecule has 0 fully saturated rings. The van der Waals surface area contributed by atoms with Crippen LogP contribution in [0.5, 0.6) is 0 Å². The Morgan fingerprint density at radius 2 is 1.61 bits per heavy atom. The summed E-state index contributed by atoms with van der Waals surface area (Å²) in [5.74, 6) is -0.411. The van der Waals surface area contributed by atoms with Crippen LogP contribution >= 0.6 is 0 Å². The summed E-state index contributed by atoms with van der Waals surface area (Å²) in [4.78, 5) is 28.1. The highest BCUT2D eigenvalue weighted by molar-refractivity contribution is 6.10. The number of primary amides is 1. The zero-order valence-corrected chi connectivity index (χ0v) is 17.3. The Morgan fingerprint density at radius 3 is 2.32 bits per heavy atom. The van der Waals surface area contributed by atoms with Crippen LogP contribution in [0.4, 0.5) is 0 Å². The van der Waals surface area contributed by atoms with Gasteiger partial charge in [0, 0.05) is 34.3 Å². The van der Waals surface area contributed by atoms with E-state index in [2.05, 4.69) is 17.2 Å². The maximum atomic E-state index is 13.6. The molecule has 31 heavy (non-hydrogen) atoms. The Hall–Kier alpha value is -3.70. The third-order valence-corrected chi connectivity index (χ3v) is 5.48. The smallest absolute Gasteiger partial charge is 0.248 e. The molecule has 4 aromatic rings. The van der Waals surface area contributed by atoms with Crippen molar-refractivity contribution in [1.29, 1.82) is 0 Å². The van der Waals surface area contributed by atoms with Gasteiger partial charge < -0.3 is 16.0 Å². The van der Waals surface area contributed by atoms with Crippen LogP contribution in [-0.2, 0) is 6.42 Å². The van der Waals surface area contributed by atoms with E-state index in [9.17, 15) is 9.59 Å². The molecule has 0 saturated heterocycles. The summed E-state index contributed by atoms with van der Waals surface area (Å²) in [6.07, 6.45) is 2.50. The number of ketones is 1. The molecule has 1 heterocycles. The lowest BCUT2D eigenvalue weighted by atomic mass is 9.95. The number of amides is 1. The molecule has 5 nitrogen and oxygen atoms in total. The second-order valence-corrected chi connectivity index (χ2v) is 7.79. The molecule has 2 atom stereocenters. The molecule has 4 rings (SSSR count). The first-order valence-corrected chi connectivity index (χ1v) is 10.3. The molecule has 0 saturated carbocycles. The highest BCUT2D eigenvalue weighted by Crippen LogP contribution is 2.25. The summed E-state index contributed by atoms with van der Waals surface area (Å²) >= 11 is 0. The fourth-order valence-corrected chi connectivity index (χ4v) is 3.90. The summed E-state index contributed by atoms with van der Waals surface area (Å²) in [5, 5.41) is 4.44. The number of nitrogens with one attached hydrogen (secondary N) is 2. The minimum absolute atomic E-state index is 0.0267. The number of carbonyl (C=O) groups excluding carboxylic acids is 2. The van der Waals surface area contributed by atoms with Crippen molar-refractivity contribution < 1.29 is 9.59 Å². The van der Waals surface area contributed by atoms with E-state index in [1.54, 1.807) is 18.3 Å². The monoisotopic (exact) mass is 411 g/mol. The Labute approximate surface area is 181 Å². The van der Waals surface area contributed by atoms with E-state index in [-0.39, 0.29) is 11.8 Å². The number of rotatable bonds is 8. The molecule has 0 aliphatic heterocycles. The number of fused-ring (bicyclic) bond motifs is 1. The Kier molecular flexibility index (Phi) is 5.96. The van der Waals surface area contributed by atoms with Crippen LogP contribution in [-0.4, -0.2) is 22.7 Å². The summed E-state index contributed by atoms with van der Waals surface area (Å²) < 4.78 is 0. The van der Waals surface area contributed by atoms with E-state index in [0.717, 1.165) is 22.0 Å². The van der Waals surface area contributed by atoms with E-state index >= 15 is 0 Å². The molecule has 3 aromatic carbocycles. The molecule has 0 unspecified atom stereocenters. The lowest BCUT2D eigenvalue weighted by molar-refractivity contribution is 0.0937. The molecular weight excluding hydrogens is 386 g/mol. The van der Waals surface area contributed by atoms with Gasteiger partial charge in [0.25, 0.3) is 0 Å². The van der Waals surface area contributed by atoms with Crippen LogP contribution in [0.25, 0.3) is 10.9 Å². The summed E-state index contributed by atoms with van der Waals surface area (Å²) in [6, 6.07) is 24.4. The van der Waals surface area contributed by atoms with Gasteiger partial charge in [-0.1, -0.05) is 60.7 Å². The normalized spacial score (nSPS) is 13.1.